The highest BCUT2D eigenvalue weighted by Crippen LogP contribution is 2.20. The molecule has 0 bridgehead atoms. The molecule has 0 amide bonds. The van der Waals surface area contributed by atoms with Gasteiger partial charge in [0, 0.05) is 23.0 Å². The first-order valence-corrected chi connectivity index (χ1v) is 7.77. The Hall–Kier alpha value is -1.36. The van der Waals surface area contributed by atoms with Crippen LogP contribution in [0.25, 0.3) is 0 Å². The van der Waals surface area contributed by atoms with Gasteiger partial charge in [0.15, 0.2) is 0 Å². The fraction of sp³-hybridized carbons (Fsp3) is 0.333. The first-order chi connectivity index (χ1) is 10.2. The molecule has 1 saturated heterocycles. The smallest absolute Gasteiger partial charge is 0.225 e. The quantitative estimate of drug-likeness (QED) is 0.933. The number of piperazine rings is 1. The minimum absolute atomic E-state index is 0.685. The van der Waals surface area contributed by atoms with E-state index in [2.05, 4.69) is 14.9 Å². The van der Waals surface area contributed by atoms with Gasteiger partial charge in [-0.2, -0.15) is 0 Å². The molecule has 0 spiro atoms. The predicted molar refractivity (Wildman–Crippen MR) is 85.1 cm³/mol. The summed E-state index contributed by atoms with van der Waals surface area (Å²) in [5.74, 6) is 0.820. The summed E-state index contributed by atoms with van der Waals surface area (Å²) in [6, 6.07) is 7.57. The summed E-state index contributed by atoms with van der Waals surface area (Å²) in [5, 5.41) is 1.44. The molecule has 0 radical (unpaired) electrons. The molecular weight excluding hydrogens is 307 g/mol. The third-order valence-electron chi connectivity index (χ3n) is 3.76. The van der Waals surface area contributed by atoms with E-state index in [9.17, 15) is 0 Å². The van der Waals surface area contributed by atoms with Gasteiger partial charge in [-0.1, -0.05) is 29.3 Å². The number of nitrogens with one attached hydrogen (secondary N) is 1. The minimum Gasteiger partial charge on any atom is -0.330 e. The third-order valence-corrected chi connectivity index (χ3v) is 4.35. The Morgan fingerprint density at radius 3 is 2.48 bits per heavy atom. The van der Waals surface area contributed by atoms with Gasteiger partial charge < -0.3 is 9.80 Å². The lowest BCUT2D eigenvalue weighted by Gasteiger charge is -2.32. The first-order valence-electron chi connectivity index (χ1n) is 7.02. The summed E-state index contributed by atoms with van der Waals surface area (Å²) in [6.07, 6.45) is 3.57. The lowest BCUT2D eigenvalue weighted by molar-refractivity contribution is -0.914. The van der Waals surface area contributed by atoms with Crippen LogP contribution in [0.2, 0.25) is 10.0 Å². The van der Waals surface area contributed by atoms with Gasteiger partial charge in [-0.15, -0.1) is 0 Å². The van der Waals surface area contributed by atoms with Crippen molar-refractivity contribution in [1.29, 1.82) is 0 Å². The number of benzene rings is 1. The highest BCUT2D eigenvalue weighted by molar-refractivity contribution is 6.35. The summed E-state index contributed by atoms with van der Waals surface area (Å²) >= 11 is 12.2. The zero-order chi connectivity index (χ0) is 14.7. The second-order valence-corrected chi connectivity index (χ2v) is 6.04. The van der Waals surface area contributed by atoms with Gasteiger partial charge in [0.05, 0.1) is 31.2 Å². The predicted octanol–water partition coefficient (Wildman–Crippen LogP) is 1.69. The normalized spacial score (nSPS) is 16.2. The van der Waals surface area contributed by atoms with E-state index in [4.69, 9.17) is 23.2 Å². The van der Waals surface area contributed by atoms with E-state index in [0.717, 1.165) is 49.3 Å². The Balaban J connectivity index is 1.59. The van der Waals surface area contributed by atoms with E-state index in [1.807, 2.05) is 24.3 Å². The van der Waals surface area contributed by atoms with Gasteiger partial charge in [0.25, 0.3) is 0 Å². The van der Waals surface area contributed by atoms with Crippen LogP contribution in [-0.4, -0.2) is 36.1 Å². The molecule has 21 heavy (non-hydrogen) atoms. The van der Waals surface area contributed by atoms with E-state index in [0.29, 0.717) is 5.02 Å². The molecule has 1 aliphatic rings. The highest BCUT2D eigenvalue weighted by Gasteiger charge is 2.22. The van der Waals surface area contributed by atoms with Crippen LogP contribution in [0.5, 0.6) is 0 Å². The van der Waals surface area contributed by atoms with Gasteiger partial charge >= 0.3 is 0 Å². The van der Waals surface area contributed by atoms with Crippen molar-refractivity contribution in [2.75, 3.05) is 31.1 Å². The van der Waals surface area contributed by atoms with Crippen LogP contribution >= 0.6 is 23.2 Å². The minimum atomic E-state index is 0.685. The monoisotopic (exact) mass is 323 g/mol. The fourth-order valence-corrected chi connectivity index (χ4v) is 3.06. The van der Waals surface area contributed by atoms with Crippen LogP contribution in [-0.2, 0) is 6.54 Å². The molecule has 110 valence electrons. The van der Waals surface area contributed by atoms with E-state index in [1.165, 1.54) is 4.90 Å². The van der Waals surface area contributed by atoms with E-state index in [-0.39, 0.29) is 0 Å². The van der Waals surface area contributed by atoms with Crippen LogP contribution in [0.15, 0.2) is 36.7 Å². The maximum absolute atomic E-state index is 6.25. The Morgan fingerprint density at radius 2 is 1.81 bits per heavy atom. The van der Waals surface area contributed by atoms with Crippen LogP contribution in [0.3, 0.4) is 0 Å². The molecule has 1 N–H and O–H groups in total. The number of anilines is 1. The van der Waals surface area contributed by atoms with Crippen molar-refractivity contribution in [2.45, 2.75) is 6.54 Å². The molecule has 2 heterocycles. The van der Waals surface area contributed by atoms with Crippen molar-refractivity contribution < 1.29 is 4.90 Å². The number of halogens is 2. The molecule has 3 rings (SSSR count). The van der Waals surface area contributed by atoms with Crippen molar-refractivity contribution in [2.24, 2.45) is 0 Å². The van der Waals surface area contributed by atoms with Gasteiger partial charge in [-0.25, -0.2) is 9.97 Å². The van der Waals surface area contributed by atoms with Gasteiger partial charge in [-0.05, 0) is 18.2 Å². The second kappa shape index (κ2) is 6.60. The van der Waals surface area contributed by atoms with Crippen molar-refractivity contribution in [3.05, 3.63) is 52.3 Å². The van der Waals surface area contributed by atoms with Crippen LogP contribution in [0.4, 0.5) is 5.95 Å². The number of hydrogen-bond acceptors (Lipinski definition) is 3. The number of hydrogen-bond donors (Lipinski definition) is 1. The summed E-state index contributed by atoms with van der Waals surface area (Å²) in [4.78, 5) is 12.4. The molecule has 1 fully saturated rings. The Bertz CT molecular complexity index is 598. The van der Waals surface area contributed by atoms with E-state index >= 15 is 0 Å². The van der Waals surface area contributed by atoms with Crippen molar-refractivity contribution in [3.8, 4) is 0 Å². The van der Waals surface area contributed by atoms with E-state index < -0.39 is 0 Å². The number of aromatic nitrogens is 2. The highest BCUT2D eigenvalue weighted by atomic mass is 35.5. The molecule has 4 nitrogen and oxygen atoms in total. The molecule has 0 saturated carbocycles. The van der Waals surface area contributed by atoms with Gasteiger partial charge in [-0.3, -0.25) is 0 Å². The lowest BCUT2D eigenvalue weighted by atomic mass is 10.2. The average Bonchev–Trinajstić information content (AvgIpc) is 2.52. The molecule has 1 aromatic heterocycles. The Labute approximate surface area is 134 Å². The molecule has 0 unspecified atom stereocenters. The van der Waals surface area contributed by atoms with Crippen molar-refractivity contribution in [3.63, 3.8) is 0 Å². The topological polar surface area (TPSA) is 33.5 Å². The largest absolute Gasteiger partial charge is 0.330 e. The zero-order valence-electron chi connectivity index (χ0n) is 11.6. The van der Waals surface area contributed by atoms with Crippen LogP contribution < -0.4 is 9.80 Å². The van der Waals surface area contributed by atoms with Gasteiger partial charge in [0.1, 0.15) is 6.54 Å². The second-order valence-electron chi connectivity index (χ2n) is 5.20. The summed E-state index contributed by atoms with van der Waals surface area (Å²) in [5.41, 5.74) is 1.15. The average molecular weight is 324 g/mol. The molecule has 6 heteroatoms. The molecule has 1 aromatic carbocycles. The van der Waals surface area contributed by atoms with Crippen molar-refractivity contribution in [1.82, 2.24) is 9.97 Å². The summed E-state index contributed by atoms with van der Waals surface area (Å²) < 4.78 is 0. The third kappa shape index (κ3) is 3.64. The Morgan fingerprint density at radius 1 is 1.10 bits per heavy atom. The standard InChI is InChI=1S/C15H16Cl2N4/c16-13-3-2-12(14(17)10-13)11-20-6-8-21(9-7-20)15-18-4-1-5-19-15/h1-5,10H,6-9,11H2/p+1. The SMILES string of the molecule is Clc1ccc(C[NH+]2CCN(c3ncccn3)CC2)c(Cl)c1. The molecule has 1 aliphatic heterocycles. The maximum Gasteiger partial charge on any atom is 0.225 e. The van der Waals surface area contributed by atoms with Crippen LogP contribution in [0, 0.1) is 0 Å². The molecular formula is C15H17Cl2N4+. The maximum atomic E-state index is 6.25. The van der Waals surface area contributed by atoms with Crippen molar-refractivity contribution >= 4 is 29.2 Å². The van der Waals surface area contributed by atoms with Gasteiger partial charge in [0.2, 0.25) is 5.95 Å². The Kier molecular flexibility index (Phi) is 4.58. The first kappa shape index (κ1) is 14.6. The molecule has 0 atom stereocenters. The number of rotatable bonds is 3. The lowest BCUT2D eigenvalue weighted by Crippen LogP contribution is -3.13. The fourth-order valence-electron chi connectivity index (χ4n) is 2.59. The zero-order valence-corrected chi connectivity index (χ0v) is 13.1. The number of nitrogens with zero attached hydrogens (tertiary/aromatic N) is 3. The van der Waals surface area contributed by atoms with E-state index in [1.54, 1.807) is 12.4 Å². The molecule has 0 aliphatic carbocycles. The molecule has 2 aromatic rings. The van der Waals surface area contributed by atoms with Crippen LogP contribution in [0.1, 0.15) is 5.56 Å². The summed E-state index contributed by atoms with van der Waals surface area (Å²) in [7, 11) is 0. The summed E-state index contributed by atoms with van der Waals surface area (Å²) in [6.45, 7) is 4.96. The number of quaternary nitrogens is 1.